The van der Waals surface area contributed by atoms with Crippen molar-refractivity contribution in [1.29, 1.82) is 0 Å². The Hall–Kier alpha value is -0.820. The highest BCUT2D eigenvalue weighted by Crippen LogP contribution is 2.50. The molecule has 2 aliphatic carbocycles. The summed E-state index contributed by atoms with van der Waals surface area (Å²) in [5.74, 6) is 2.98. The summed E-state index contributed by atoms with van der Waals surface area (Å²) in [5, 5.41) is 3.90. The zero-order valence-electron chi connectivity index (χ0n) is 14.0. The Balaban J connectivity index is 1.76. The summed E-state index contributed by atoms with van der Waals surface area (Å²) in [7, 11) is 0. The van der Waals surface area contributed by atoms with Crippen LogP contribution in [0, 0.1) is 31.6 Å². The molecule has 0 saturated heterocycles. The van der Waals surface area contributed by atoms with E-state index in [9.17, 15) is 0 Å². The Morgan fingerprint density at radius 1 is 1.14 bits per heavy atom. The van der Waals surface area contributed by atoms with Crippen LogP contribution in [0.5, 0.6) is 0 Å². The van der Waals surface area contributed by atoms with Gasteiger partial charge >= 0.3 is 0 Å². The first-order valence-electron chi connectivity index (χ1n) is 8.97. The molecule has 1 N–H and O–H groups in total. The van der Waals surface area contributed by atoms with Crippen molar-refractivity contribution >= 4 is 0 Å². The molecule has 1 aromatic rings. The summed E-state index contributed by atoms with van der Waals surface area (Å²) in [6.45, 7) is 8.01. The Morgan fingerprint density at radius 2 is 1.90 bits per heavy atom. The number of fused-ring (bicyclic) bond motifs is 2. The van der Waals surface area contributed by atoms with Gasteiger partial charge in [-0.1, -0.05) is 31.5 Å². The summed E-state index contributed by atoms with van der Waals surface area (Å²) < 4.78 is 0. The molecule has 4 unspecified atom stereocenters. The SMILES string of the molecule is CCCNC(Cc1c(C)cccc1C)C1CC2CCC1C2. The molecule has 0 aromatic heterocycles. The molecule has 0 heterocycles. The topological polar surface area (TPSA) is 12.0 Å². The smallest absolute Gasteiger partial charge is 0.0139 e. The fourth-order valence-electron chi connectivity index (χ4n) is 4.88. The van der Waals surface area contributed by atoms with Crippen molar-refractivity contribution in [3.8, 4) is 0 Å². The minimum Gasteiger partial charge on any atom is -0.313 e. The standard InChI is InChI=1S/C20H31N/c1-4-10-21-20(19-12-16-8-9-17(19)11-16)13-18-14(2)6-5-7-15(18)3/h5-7,16-17,19-21H,4,8-13H2,1-3H3. The molecule has 2 aliphatic rings. The molecule has 0 spiro atoms. The second-order valence-electron chi connectivity index (χ2n) is 7.47. The molecule has 0 radical (unpaired) electrons. The first-order chi connectivity index (χ1) is 10.2. The fourth-order valence-corrected chi connectivity index (χ4v) is 4.88. The van der Waals surface area contributed by atoms with Gasteiger partial charge in [-0.15, -0.1) is 0 Å². The van der Waals surface area contributed by atoms with E-state index in [-0.39, 0.29) is 0 Å². The largest absolute Gasteiger partial charge is 0.313 e. The summed E-state index contributed by atoms with van der Waals surface area (Å²) in [4.78, 5) is 0. The highest BCUT2D eigenvalue weighted by Gasteiger charge is 2.42. The second kappa shape index (κ2) is 6.52. The zero-order chi connectivity index (χ0) is 14.8. The minimum atomic E-state index is 0.694. The molecule has 0 aliphatic heterocycles. The average Bonchev–Trinajstić information content (AvgIpc) is 3.09. The normalized spacial score (nSPS) is 29.0. The summed E-state index contributed by atoms with van der Waals surface area (Å²) in [6, 6.07) is 7.44. The van der Waals surface area contributed by atoms with Gasteiger partial charge in [0.1, 0.15) is 0 Å². The molecular weight excluding hydrogens is 254 g/mol. The van der Waals surface area contributed by atoms with Crippen molar-refractivity contribution in [1.82, 2.24) is 5.32 Å². The Kier molecular flexibility index (Phi) is 4.69. The number of aryl methyl sites for hydroxylation is 2. The van der Waals surface area contributed by atoms with Crippen LogP contribution in [0.4, 0.5) is 0 Å². The van der Waals surface area contributed by atoms with Crippen molar-refractivity contribution in [2.75, 3.05) is 6.54 Å². The molecule has 4 atom stereocenters. The molecular formula is C20H31N. The van der Waals surface area contributed by atoms with Crippen LogP contribution < -0.4 is 5.32 Å². The number of benzene rings is 1. The van der Waals surface area contributed by atoms with Crippen LogP contribution in [-0.4, -0.2) is 12.6 Å². The van der Waals surface area contributed by atoms with Gasteiger partial charge in [0.15, 0.2) is 0 Å². The van der Waals surface area contributed by atoms with Gasteiger partial charge in [-0.05, 0) is 86.9 Å². The van der Waals surface area contributed by atoms with Gasteiger partial charge in [0, 0.05) is 6.04 Å². The van der Waals surface area contributed by atoms with Gasteiger partial charge in [-0.25, -0.2) is 0 Å². The van der Waals surface area contributed by atoms with Crippen LogP contribution in [0.15, 0.2) is 18.2 Å². The van der Waals surface area contributed by atoms with Crippen molar-refractivity contribution < 1.29 is 0 Å². The summed E-state index contributed by atoms with van der Waals surface area (Å²) >= 11 is 0. The monoisotopic (exact) mass is 285 g/mol. The first kappa shape index (κ1) is 15.1. The second-order valence-corrected chi connectivity index (χ2v) is 7.47. The maximum atomic E-state index is 3.90. The zero-order valence-corrected chi connectivity index (χ0v) is 14.0. The van der Waals surface area contributed by atoms with E-state index in [4.69, 9.17) is 0 Å². The van der Waals surface area contributed by atoms with Gasteiger partial charge < -0.3 is 5.32 Å². The van der Waals surface area contributed by atoms with Gasteiger partial charge in [-0.3, -0.25) is 0 Å². The third-order valence-electron chi connectivity index (χ3n) is 6.03. The van der Waals surface area contributed by atoms with Crippen LogP contribution in [0.3, 0.4) is 0 Å². The lowest BCUT2D eigenvalue weighted by Crippen LogP contribution is -2.41. The predicted molar refractivity (Wildman–Crippen MR) is 90.6 cm³/mol. The van der Waals surface area contributed by atoms with E-state index in [1.165, 1.54) is 56.2 Å². The van der Waals surface area contributed by atoms with Gasteiger partial charge in [0.05, 0.1) is 0 Å². The molecule has 2 bridgehead atoms. The molecule has 1 nitrogen and oxygen atoms in total. The third kappa shape index (κ3) is 3.18. The van der Waals surface area contributed by atoms with E-state index in [0.29, 0.717) is 6.04 Å². The van der Waals surface area contributed by atoms with Crippen molar-refractivity contribution in [3.05, 3.63) is 34.9 Å². The minimum absolute atomic E-state index is 0.694. The van der Waals surface area contributed by atoms with E-state index in [1.54, 1.807) is 5.56 Å². The highest BCUT2D eigenvalue weighted by atomic mass is 14.9. The lowest BCUT2D eigenvalue weighted by atomic mass is 9.80. The molecule has 1 aromatic carbocycles. The first-order valence-corrected chi connectivity index (χ1v) is 8.97. The maximum absolute atomic E-state index is 3.90. The lowest BCUT2D eigenvalue weighted by Gasteiger charge is -2.32. The number of nitrogens with one attached hydrogen (secondary N) is 1. The van der Waals surface area contributed by atoms with Gasteiger partial charge in [0.25, 0.3) is 0 Å². The van der Waals surface area contributed by atoms with E-state index >= 15 is 0 Å². The van der Waals surface area contributed by atoms with Crippen molar-refractivity contribution in [2.45, 2.75) is 65.3 Å². The van der Waals surface area contributed by atoms with E-state index in [2.05, 4.69) is 44.3 Å². The van der Waals surface area contributed by atoms with Crippen molar-refractivity contribution in [3.63, 3.8) is 0 Å². The third-order valence-corrected chi connectivity index (χ3v) is 6.03. The van der Waals surface area contributed by atoms with Crippen LogP contribution in [0.2, 0.25) is 0 Å². The van der Waals surface area contributed by atoms with Crippen LogP contribution in [-0.2, 0) is 6.42 Å². The quantitative estimate of drug-likeness (QED) is 0.802. The molecule has 0 amide bonds. The number of hydrogen-bond acceptors (Lipinski definition) is 1. The molecule has 2 saturated carbocycles. The average molecular weight is 285 g/mol. The summed E-state index contributed by atoms with van der Waals surface area (Å²) in [6.07, 6.45) is 8.46. The van der Waals surface area contributed by atoms with Crippen molar-refractivity contribution in [2.24, 2.45) is 17.8 Å². The highest BCUT2D eigenvalue weighted by molar-refractivity contribution is 5.34. The predicted octanol–water partition coefficient (Wildman–Crippen LogP) is 4.65. The van der Waals surface area contributed by atoms with E-state index < -0.39 is 0 Å². The number of hydrogen-bond donors (Lipinski definition) is 1. The van der Waals surface area contributed by atoms with Crippen LogP contribution >= 0.6 is 0 Å². The Morgan fingerprint density at radius 3 is 2.48 bits per heavy atom. The molecule has 2 fully saturated rings. The fraction of sp³-hybridized carbons (Fsp3) is 0.700. The molecule has 3 rings (SSSR count). The number of rotatable bonds is 6. The molecule has 1 heteroatoms. The van der Waals surface area contributed by atoms with Gasteiger partial charge in [0.2, 0.25) is 0 Å². The van der Waals surface area contributed by atoms with E-state index in [1.807, 2.05) is 0 Å². The van der Waals surface area contributed by atoms with Crippen LogP contribution in [0.1, 0.15) is 55.7 Å². The Labute approximate surface area is 130 Å². The van der Waals surface area contributed by atoms with Crippen LogP contribution in [0.25, 0.3) is 0 Å². The molecule has 116 valence electrons. The van der Waals surface area contributed by atoms with E-state index in [0.717, 1.165) is 17.8 Å². The lowest BCUT2D eigenvalue weighted by molar-refractivity contribution is 0.246. The van der Waals surface area contributed by atoms with Gasteiger partial charge in [-0.2, -0.15) is 0 Å². The summed E-state index contributed by atoms with van der Waals surface area (Å²) in [5.41, 5.74) is 4.54. The Bertz CT molecular complexity index is 458. The molecule has 21 heavy (non-hydrogen) atoms. The maximum Gasteiger partial charge on any atom is 0.0139 e.